The minimum absolute atomic E-state index is 0.648. The molecule has 0 spiro atoms. The zero-order chi connectivity index (χ0) is 37.5. The van der Waals surface area contributed by atoms with Crippen LogP contribution in [0.25, 0.3) is 115 Å². The SMILES string of the molecule is c1ccc(-c2nc(-c3ccccc3)nc(-c3cccc4c3sc3c(-c5cccc6c5oc5c(-n7c8ccccc8c8ccccc87)cccc56)cccc34)n2)cc1. The van der Waals surface area contributed by atoms with Crippen molar-refractivity contribution in [3.63, 3.8) is 0 Å². The monoisotopic (exact) mass is 746 g/mol. The highest BCUT2D eigenvalue weighted by molar-refractivity contribution is 7.26. The van der Waals surface area contributed by atoms with Gasteiger partial charge >= 0.3 is 0 Å². The van der Waals surface area contributed by atoms with Gasteiger partial charge in [0.05, 0.1) is 16.7 Å². The summed E-state index contributed by atoms with van der Waals surface area (Å²) in [5.74, 6) is 1.95. The van der Waals surface area contributed by atoms with Gasteiger partial charge in [0, 0.05) is 69.5 Å². The molecule has 0 atom stereocenters. The number of furan rings is 1. The summed E-state index contributed by atoms with van der Waals surface area (Å²) >= 11 is 1.78. The molecule has 12 aromatic rings. The van der Waals surface area contributed by atoms with Crippen molar-refractivity contribution >= 4 is 75.3 Å². The van der Waals surface area contributed by atoms with Crippen LogP contribution in [0.4, 0.5) is 0 Å². The van der Waals surface area contributed by atoms with E-state index >= 15 is 0 Å². The van der Waals surface area contributed by atoms with Crippen LogP contribution in [0.5, 0.6) is 0 Å². The number of benzene rings is 8. The van der Waals surface area contributed by atoms with Crippen molar-refractivity contribution in [2.24, 2.45) is 0 Å². The van der Waals surface area contributed by atoms with Crippen LogP contribution in [0.2, 0.25) is 0 Å². The van der Waals surface area contributed by atoms with Gasteiger partial charge in [-0.2, -0.15) is 0 Å². The molecule has 57 heavy (non-hydrogen) atoms. The third-order valence-corrected chi connectivity index (χ3v) is 12.4. The number of rotatable bonds is 5. The van der Waals surface area contributed by atoms with Crippen LogP contribution in [-0.2, 0) is 0 Å². The third kappa shape index (κ3) is 4.91. The third-order valence-electron chi connectivity index (χ3n) is 11.1. The van der Waals surface area contributed by atoms with Crippen molar-refractivity contribution in [1.29, 1.82) is 0 Å². The van der Waals surface area contributed by atoms with Crippen molar-refractivity contribution in [2.45, 2.75) is 0 Å². The molecule has 8 aromatic carbocycles. The highest BCUT2D eigenvalue weighted by Crippen LogP contribution is 2.46. The molecule has 0 aliphatic heterocycles. The van der Waals surface area contributed by atoms with E-state index < -0.39 is 0 Å². The normalized spacial score (nSPS) is 11.9. The largest absolute Gasteiger partial charge is 0.453 e. The first-order valence-electron chi connectivity index (χ1n) is 19.0. The summed E-state index contributed by atoms with van der Waals surface area (Å²) in [6, 6.07) is 63.6. The van der Waals surface area contributed by atoms with E-state index in [9.17, 15) is 0 Å². The molecule has 266 valence electrons. The Labute approximate surface area is 330 Å². The molecule has 0 saturated heterocycles. The second kappa shape index (κ2) is 12.6. The molecule has 4 aromatic heterocycles. The topological polar surface area (TPSA) is 56.7 Å². The lowest BCUT2D eigenvalue weighted by atomic mass is 10.00. The number of para-hydroxylation sites is 4. The van der Waals surface area contributed by atoms with Crippen LogP contribution in [0, 0.1) is 0 Å². The van der Waals surface area contributed by atoms with Gasteiger partial charge in [-0.15, -0.1) is 11.3 Å². The van der Waals surface area contributed by atoms with Crippen LogP contribution in [0.1, 0.15) is 0 Å². The molecular weight excluding hydrogens is 717 g/mol. The van der Waals surface area contributed by atoms with E-state index in [-0.39, 0.29) is 0 Å². The quantitative estimate of drug-likeness (QED) is 0.176. The molecule has 0 bridgehead atoms. The standard InChI is InChI=1S/C51H30N4OS/c1-3-15-31(16-4-1)49-52-50(32-17-5-2-6-18-32)54-51(53-49)41-27-13-26-40-39-25-12-24-38(47(39)57-48(40)41)37-22-11-21-35-36-23-14-30-44(46(36)56-45(35)37)55-42-28-9-7-19-33(42)34-20-8-10-29-43(34)55/h1-30H. The van der Waals surface area contributed by atoms with Crippen molar-refractivity contribution in [3.05, 3.63) is 182 Å². The minimum Gasteiger partial charge on any atom is -0.453 e. The Bertz CT molecular complexity index is 3420. The average Bonchev–Trinajstić information content (AvgIpc) is 3.97. The first kappa shape index (κ1) is 31.9. The van der Waals surface area contributed by atoms with Gasteiger partial charge in [0.1, 0.15) is 5.58 Å². The van der Waals surface area contributed by atoms with E-state index in [2.05, 4.69) is 126 Å². The number of fused-ring (bicyclic) bond motifs is 9. The van der Waals surface area contributed by atoms with Crippen molar-refractivity contribution in [1.82, 2.24) is 19.5 Å². The van der Waals surface area contributed by atoms with Crippen LogP contribution >= 0.6 is 11.3 Å². The molecule has 5 nitrogen and oxygen atoms in total. The van der Waals surface area contributed by atoms with Gasteiger partial charge in [-0.3, -0.25) is 0 Å². The molecule has 4 heterocycles. The molecule has 0 saturated carbocycles. The number of thiophene rings is 1. The Morgan fingerprint density at radius 2 is 0.807 bits per heavy atom. The van der Waals surface area contributed by atoms with Crippen molar-refractivity contribution in [2.75, 3.05) is 0 Å². The van der Waals surface area contributed by atoms with Crippen LogP contribution in [0.15, 0.2) is 186 Å². The van der Waals surface area contributed by atoms with E-state index in [1.807, 2.05) is 60.7 Å². The van der Waals surface area contributed by atoms with Gasteiger partial charge in [0.25, 0.3) is 0 Å². The Morgan fingerprint density at radius 1 is 0.351 bits per heavy atom. The zero-order valence-corrected chi connectivity index (χ0v) is 31.2. The van der Waals surface area contributed by atoms with Gasteiger partial charge in [0.15, 0.2) is 23.1 Å². The Hall–Kier alpha value is -7.41. The van der Waals surface area contributed by atoms with Gasteiger partial charge in [-0.05, 0) is 24.3 Å². The van der Waals surface area contributed by atoms with E-state index in [1.54, 1.807) is 11.3 Å². The van der Waals surface area contributed by atoms with Gasteiger partial charge in [-0.1, -0.05) is 158 Å². The Kier molecular flexibility index (Phi) is 7.03. The second-order valence-corrected chi connectivity index (χ2v) is 15.3. The van der Waals surface area contributed by atoms with Crippen LogP contribution < -0.4 is 0 Å². The molecular formula is C51H30N4OS. The Morgan fingerprint density at radius 3 is 1.44 bits per heavy atom. The summed E-state index contributed by atoms with van der Waals surface area (Å²) in [6.45, 7) is 0. The number of hydrogen-bond acceptors (Lipinski definition) is 5. The van der Waals surface area contributed by atoms with E-state index in [0.29, 0.717) is 17.5 Å². The van der Waals surface area contributed by atoms with Gasteiger partial charge < -0.3 is 8.98 Å². The van der Waals surface area contributed by atoms with Crippen LogP contribution in [-0.4, -0.2) is 19.5 Å². The fourth-order valence-corrected chi connectivity index (χ4v) is 9.85. The molecule has 0 fully saturated rings. The zero-order valence-electron chi connectivity index (χ0n) is 30.4. The maximum absolute atomic E-state index is 7.07. The highest BCUT2D eigenvalue weighted by Gasteiger charge is 2.22. The van der Waals surface area contributed by atoms with Crippen molar-refractivity contribution in [3.8, 4) is 51.0 Å². The van der Waals surface area contributed by atoms with Crippen LogP contribution in [0.3, 0.4) is 0 Å². The van der Waals surface area contributed by atoms with Gasteiger partial charge in [-0.25, -0.2) is 15.0 Å². The number of hydrogen-bond donors (Lipinski definition) is 0. The lowest BCUT2D eigenvalue weighted by molar-refractivity contribution is 0.667. The second-order valence-electron chi connectivity index (χ2n) is 14.3. The lowest BCUT2D eigenvalue weighted by Gasteiger charge is -2.09. The first-order chi connectivity index (χ1) is 28.3. The molecule has 12 rings (SSSR count). The highest BCUT2D eigenvalue weighted by atomic mass is 32.1. The van der Waals surface area contributed by atoms with E-state index in [1.165, 1.54) is 26.2 Å². The summed E-state index contributed by atoms with van der Waals surface area (Å²) in [5, 5.41) is 6.99. The van der Waals surface area contributed by atoms with Gasteiger partial charge in [0.2, 0.25) is 0 Å². The maximum Gasteiger partial charge on any atom is 0.165 e. The Balaban J connectivity index is 1.07. The molecule has 0 unspecified atom stereocenters. The summed E-state index contributed by atoms with van der Waals surface area (Å²) in [4.78, 5) is 15.1. The number of aromatic nitrogens is 4. The average molecular weight is 747 g/mol. The van der Waals surface area contributed by atoms with Crippen molar-refractivity contribution < 1.29 is 4.42 Å². The summed E-state index contributed by atoms with van der Waals surface area (Å²) in [7, 11) is 0. The fraction of sp³-hybridized carbons (Fsp3) is 0. The molecule has 0 aliphatic carbocycles. The summed E-state index contributed by atoms with van der Waals surface area (Å²) in [5.41, 5.74) is 10.2. The summed E-state index contributed by atoms with van der Waals surface area (Å²) < 4.78 is 11.7. The van der Waals surface area contributed by atoms with E-state index in [0.717, 1.165) is 71.2 Å². The minimum atomic E-state index is 0.648. The molecule has 0 radical (unpaired) electrons. The predicted molar refractivity (Wildman–Crippen MR) is 236 cm³/mol. The van der Waals surface area contributed by atoms with E-state index in [4.69, 9.17) is 19.4 Å². The summed E-state index contributed by atoms with van der Waals surface area (Å²) in [6.07, 6.45) is 0. The molecule has 0 N–H and O–H groups in total. The first-order valence-corrected chi connectivity index (χ1v) is 19.8. The number of nitrogens with zero attached hydrogens (tertiary/aromatic N) is 4. The molecule has 6 heteroatoms. The maximum atomic E-state index is 7.07. The molecule has 0 amide bonds. The smallest absolute Gasteiger partial charge is 0.165 e. The fourth-order valence-electron chi connectivity index (χ4n) is 8.51. The predicted octanol–water partition coefficient (Wildman–Crippen LogP) is 13.9. The molecule has 0 aliphatic rings. The lowest BCUT2D eigenvalue weighted by Crippen LogP contribution is -2.00.